The van der Waals surface area contributed by atoms with Gasteiger partial charge in [-0.05, 0) is 30.0 Å². The fraction of sp³-hybridized carbons (Fsp3) is 0.364. The van der Waals surface area contributed by atoms with Crippen LogP contribution in [0, 0.1) is 0 Å². The van der Waals surface area contributed by atoms with Gasteiger partial charge in [0.15, 0.2) is 0 Å². The normalized spacial score (nSPS) is 24.7. The van der Waals surface area contributed by atoms with Crippen molar-refractivity contribution in [2.45, 2.75) is 24.8 Å². The first kappa shape index (κ1) is 10.5. The molecule has 0 saturated carbocycles. The van der Waals surface area contributed by atoms with Crippen LogP contribution < -0.4 is 5.73 Å². The van der Waals surface area contributed by atoms with E-state index in [1.54, 1.807) is 6.07 Å². The molecule has 1 aliphatic carbocycles. The first-order valence-corrected chi connectivity index (χ1v) is 5.24. The van der Waals surface area contributed by atoms with Gasteiger partial charge in [0.25, 0.3) is 0 Å². The largest absolute Gasteiger partial charge is 0.481 e. The highest BCUT2D eigenvalue weighted by Crippen LogP contribution is 2.35. The molecule has 0 amide bonds. The van der Waals surface area contributed by atoms with Crippen molar-refractivity contribution in [1.82, 2.24) is 0 Å². The molecular weight excluding hydrogens is 214 g/mol. The van der Waals surface area contributed by atoms with Gasteiger partial charge in [-0.15, -0.1) is 0 Å². The highest BCUT2D eigenvalue weighted by molar-refractivity contribution is 6.31. The van der Waals surface area contributed by atoms with Crippen molar-refractivity contribution in [2.75, 3.05) is 0 Å². The zero-order valence-corrected chi connectivity index (χ0v) is 8.87. The zero-order chi connectivity index (χ0) is 11.0. The summed E-state index contributed by atoms with van der Waals surface area (Å²) in [6.07, 6.45) is 1.51. The van der Waals surface area contributed by atoms with Crippen molar-refractivity contribution < 1.29 is 9.90 Å². The number of carbonyl (C=O) groups is 1. The Labute approximate surface area is 92.8 Å². The van der Waals surface area contributed by atoms with Crippen LogP contribution in [0.3, 0.4) is 0 Å². The molecule has 2 rings (SSSR count). The Balaban J connectivity index is 2.55. The van der Waals surface area contributed by atoms with Crippen molar-refractivity contribution in [3.63, 3.8) is 0 Å². The first-order valence-electron chi connectivity index (χ1n) is 4.87. The molecule has 0 bridgehead atoms. The molecule has 15 heavy (non-hydrogen) atoms. The summed E-state index contributed by atoms with van der Waals surface area (Å²) in [7, 11) is 0. The van der Waals surface area contributed by atoms with Crippen molar-refractivity contribution >= 4 is 17.6 Å². The van der Waals surface area contributed by atoms with E-state index in [9.17, 15) is 4.79 Å². The van der Waals surface area contributed by atoms with Gasteiger partial charge in [-0.3, -0.25) is 4.79 Å². The zero-order valence-electron chi connectivity index (χ0n) is 8.11. The molecule has 0 spiro atoms. The number of carboxylic acid groups (broad SMARTS) is 1. The van der Waals surface area contributed by atoms with Gasteiger partial charge >= 0.3 is 5.97 Å². The van der Waals surface area contributed by atoms with E-state index in [-0.39, 0.29) is 6.04 Å². The van der Waals surface area contributed by atoms with Crippen LogP contribution in [0.1, 0.15) is 23.5 Å². The van der Waals surface area contributed by atoms with Crippen LogP contribution in [-0.2, 0) is 11.2 Å². The maximum atomic E-state index is 11.1. The monoisotopic (exact) mass is 225 g/mol. The Morgan fingerprint density at radius 1 is 1.53 bits per heavy atom. The molecular formula is C11H12ClNO2. The fourth-order valence-corrected chi connectivity index (χ4v) is 2.47. The van der Waals surface area contributed by atoms with E-state index in [4.69, 9.17) is 22.4 Å². The molecule has 3 nitrogen and oxygen atoms in total. The third-order valence-corrected chi connectivity index (χ3v) is 3.23. The summed E-state index contributed by atoms with van der Waals surface area (Å²) in [5.74, 6) is -1.56. The molecule has 4 heteroatoms. The molecule has 0 radical (unpaired) electrons. The third-order valence-electron chi connectivity index (χ3n) is 2.90. The van der Waals surface area contributed by atoms with Gasteiger partial charge < -0.3 is 10.8 Å². The van der Waals surface area contributed by atoms with Gasteiger partial charge in [0, 0.05) is 11.1 Å². The summed E-state index contributed by atoms with van der Waals surface area (Å²) in [4.78, 5) is 11.1. The smallest absolute Gasteiger partial charge is 0.312 e. The van der Waals surface area contributed by atoms with Gasteiger partial charge in [0.2, 0.25) is 0 Å². The Bertz CT molecular complexity index is 406. The van der Waals surface area contributed by atoms with Crippen LogP contribution >= 0.6 is 11.6 Å². The molecule has 2 unspecified atom stereocenters. The lowest BCUT2D eigenvalue weighted by atomic mass is 9.79. The van der Waals surface area contributed by atoms with E-state index >= 15 is 0 Å². The lowest BCUT2D eigenvalue weighted by Crippen LogP contribution is -2.37. The summed E-state index contributed by atoms with van der Waals surface area (Å²) in [5.41, 5.74) is 7.53. The van der Waals surface area contributed by atoms with Crippen LogP contribution in [0.15, 0.2) is 18.2 Å². The Morgan fingerprint density at radius 3 is 2.93 bits per heavy atom. The van der Waals surface area contributed by atoms with E-state index < -0.39 is 11.9 Å². The van der Waals surface area contributed by atoms with Crippen molar-refractivity contribution in [3.05, 3.63) is 34.3 Å². The molecule has 1 aromatic rings. The van der Waals surface area contributed by atoms with Gasteiger partial charge in [-0.25, -0.2) is 0 Å². The van der Waals surface area contributed by atoms with E-state index in [2.05, 4.69) is 0 Å². The van der Waals surface area contributed by atoms with Gasteiger partial charge in [-0.2, -0.15) is 0 Å². The number of aryl methyl sites for hydroxylation is 1. The predicted molar refractivity (Wildman–Crippen MR) is 58.1 cm³/mol. The minimum Gasteiger partial charge on any atom is -0.481 e. The summed E-state index contributed by atoms with van der Waals surface area (Å²) >= 11 is 6.03. The summed E-state index contributed by atoms with van der Waals surface area (Å²) in [6, 6.07) is 5.14. The number of hydrogen-bond donors (Lipinski definition) is 2. The van der Waals surface area contributed by atoms with E-state index in [0.29, 0.717) is 17.0 Å². The standard InChI is InChI=1S/C11H12ClNO2/c12-7-3-1-2-6-4-5-8(13)10(9(6)7)11(14)15/h1-3,8,10H,4-5,13H2,(H,14,15). The molecule has 1 aromatic carbocycles. The molecule has 0 aromatic heterocycles. The lowest BCUT2D eigenvalue weighted by Gasteiger charge is -2.28. The van der Waals surface area contributed by atoms with Crippen LogP contribution in [0.5, 0.6) is 0 Å². The van der Waals surface area contributed by atoms with Gasteiger partial charge in [0.1, 0.15) is 0 Å². The quantitative estimate of drug-likeness (QED) is 0.766. The van der Waals surface area contributed by atoms with Crippen LogP contribution in [0.25, 0.3) is 0 Å². The number of carboxylic acids is 1. The fourth-order valence-electron chi connectivity index (χ4n) is 2.16. The van der Waals surface area contributed by atoms with Gasteiger partial charge in [0.05, 0.1) is 5.92 Å². The number of benzene rings is 1. The lowest BCUT2D eigenvalue weighted by molar-refractivity contribution is -0.139. The second-order valence-electron chi connectivity index (χ2n) is 3.83. The number of fused-ring (bicyclic) bond motifs is 1. The van der Waals surface area contributed by atoms with Crippen LogP contribution in [-0.4, -0.2) is 17.1 Å². The highest BCUT2D eigenvalue weighted by atomic mass is 35.5. The molecule has 0 fully saturated rings. The second-order valence-corrected chi connectivity index (χ2v) is 4.24. The highest BCUT2D eigenvalue weighted by Gasteiger charge is 2.34. The Morgan fingerprint density at radius 2 is 2.27 bits per heavy atom. The number of rotatable bonds is 1. The maximum absolute atomic E-state index is 11.1. The maximum Gasteiger partial charge on any atom is 0.312 e. The van der Waals surface area contributed by atoms with E-state index in [1.807, 2.05) is 12.1 Å². The number of nitrogens with two attached hydrogens (primary N) is 1. The first-order chi connectivity index (χ1) is 7.11. The minimum atomic E-state index is -0.892. The van der Waals surface area contributed by atoms with E-state index in [0.717, 1.165) is 12.0 Å². The van der Waals surface area contributed by atoms with Crippen LogP contribution in [0.2, 0.25) is 5.02 Å². The third kappa shape index (κ3) is 1.73. The average molecular weight is 226 g/mol. The number of halogens is 1. The number of hydrogen-bond acceptors (Lipinski definition) is 2. The Hall–Kier alpha value is -1.06. The van der Waals surface area contributed by atoms with E-state index in [1.165, 1.54) is 0 Å². The summed E-state index contributed by atoms with van der Waals surface area (Å²) < 4.78 is 0. The summed E-state index contributed by atoms with van der Waals surface area (Å²) in [5, 5.41) is 9.65. The topological polar surface area (TPSA) is 63.3 Å². The molecule has 0 aliphatic heterocycles. The Kier molecular flexibility index (Phi) is 2.67. The van der Waals surface area contributed by atoms with Crippen molar-refractivity contribution in [1.29, 1.82) is 0 Å². The number of aliphatic carboxylic acids is 1. The van der Waals surface area contributed by atoms with Crippen molar-refractivity contribution in [2.24, 2.45) is 5.73 Å². The average Bonchev–Trinajstić information content (AvgIpc) is 2.18. The molecule has 3 N–H and O–H groups in total. The SMILES string of the molecule is NC1CCc2cccc(Cl)c2C1C(=O)O. The molecule has 2 atom stereocenters. The summed E-state index contributed by atoms with van der Waals surface area (Å²) in [6.45, 7) is 0. The second kappa shape index (κ2) is 3.83. The molecule has 80 valence electrons. The molecule has 1 aliphatic rings. The van der Waals surface area contributed by atoms with Gasteiger partial charge in [-0.1, -0.05) is 23.7 Å². The molecule has 0 heterocycles. The molecule has 0 saturated heterocycles. The minimum absolute atomic E-state index is 0.338. The van der Waals surface area contributed by atoms with Crippen molar-refractivity contribution in [3.8, 4) is 0 Å². The van der Waals surface area contributed by atoms with Crippen LogP contribution in [0.4, 0.5) is 0 Å². The predicted octanol–water partition coefficient (Wildman–Crippen LogP) is 1.78.